The third kappa shape index (κ3) is 4.35. The smallest absolute Gasteiger partial charge is 0.303 e. The Bertz CT molecular complexity index is 1000. The fraction of sp³-hybridized carbons (Fsp3) is 0.471. The van der Waals surface area contributed by atoms with Crippen LogP contribution in [0.3, 0.4) is 0 Å². The van der Waals surface area contributed by atoms with E-state index in [-0.39, 0.29) is 23.5 Å². The van der Waals surface area contributed by atoms with Gasteiger partial charge in [0.05, 0.1) is 16.8 Å². The first-order chi connectivity index (χ1) is 14.2. The molecule has 0 radical (unpaired) electrons. The third-order valence-corrected chi connectivity index (χ3v) is 4.24. The van der Waals surface area contributed by atoms with Gasteiger partial charge in [-0.2, -0.15) is 0 Å². The summed E-state index contributed by atoms with van der Waals surface area (Å²) in [5.74, 6) is -1.92. The van der Waals surface area contributed by atoms with Gasteiger partial charge in [-0.25, -0.2) is 9.97 Å². The maximum atomic E-state index is 11.7. The molecule has 2 aromatic heterocycles. The van der Waals surface area contributed by atoms with Crippen molar-refractivity contribution >= 4 is 34.8 Å². The van der Waals surface area contributed by atoms with Crippen LogP contribution in [-0.4, -0.2) is 62.3 Å². The second-order valence-corrected chi connectivity index (χ2v) is 6.46. The fourth-order valence-corrected chi connectivity index (χ4v) is 3.12. The summed E-state index contributed by atoms with van der Waals surface area (Å²) in [5, 5.41) is 11.1. The molecule has 160 valence electrons. The number of hydrogen-bond donors (Lipinski definition) is 0. The van der Waals surface area contributed by atoms with Crippen molar-refractivity contribution in [3.63, 3.8) is 0 Å². The molecule has 0 unspecified atom stereocenters. The van der Waals surface area contributed by atoms with E-state index in [1.54, 1.807) is 0 Å². The molecular formula is C17H18N4O9. The largest absolute Gasteiger partial charge is 0.463 e. The van der Waals surface area contributed by atoms with E-state index < -0.39 is 47.4 Å². The average Bonchev–Trinajstić information content (AvgIpc) is 3.20. The molecular weight excluding hydrogens is 404 g/mol. The zero-order chi connectivity index (χ0) is 22.0. The summed E-state index contributed by atoms with van der Waals surface area (Å²) in [6, 6.07) is 1.24. The predicted octanol–water partition coefficient (Wildman–Crippen LogP) is 0.663. The minimum Gasteiger partial charge on any atom is -0.463 e. The van der Waals surface area contributed by atoms with Crippen molar-refractivity contribution in [1.29, 1.82) is 0 Å². The first-order valence-electron chi connectivity index (χ1n) is 8.77. The van der Waals surface area contributed by atoms with E-state index in [4.69, 9.17) is 18.9 Å². The number of rotatable bonds is 6. The standard InChI is InChI=1S/C17H18N4O9/c1-8(22)27-6-13-14(28-9(2)23)15(29-10(3)24)17(30-13)20-7-19-16-12(20)4-11(5-18-16)21(25)26/h4-5,7,13-15,17H,6H2,1-3H3/t13-,14-,15-,17-/m1/s1. The molecule has 3 heterocycles. The Balaban J connectivity index is 2.04. The number of pyridine rings is 1. The highest BCUT2D eigenvalue weighted by Gasteiger charge is 2.51. The number of esters is 3. The first kappa shape index (κ1) is 21.1. The number of fused-ring (bicyclic) bond motifs is 1. The Morgan fingerprint density at radius 1 is 1.13 bits per heavy atom. The lowest BCUT2D eigenvalue weighted by molar-refractivity contribution is -0.385. The fourth-order valence-electron chi connectivity index (χ4n) is 3.12. The van der Waals surface area contributed by atoms with E-state index in [9.17, 15) is 24.5 Å². The Morgan fingerprint density at radius 3 is 2.40 bits per heavy atom. The number of nitrogens with zero attached hydrogens (tertiary/aromatic N) is 4. The molecule has 0 N–H and O–H groups in total. The van der Waals surface area contributed by atoms with Crippen LogP contribution in [0.2, 0.25) is 0 Å². The minimum absolute atomic E-state index is 0.193. The molecule has 3 rings (SSSR count). The summed E-state index contributed by atoms with van der Waals surface area (Å²) in [6.45, 7) is 3.26. The van der Waals surface area contributed by atoms with Crippen LogP contribution >= 0.6 is 0 Å². The summed E-state index contributed by atoms with van der Waals surface area (Å²) in [7, 11) is 0. The summed E-state index contributed by atoms with van der Waals surface area (Å²) < 4.78 is 22.9. The topological polar surface area (TPSA) is 162 Å². The van der Waals surface area contributed by atoms with Crippen molar-refractivity contribution in [1.82, 2.24) is 14.5 Å². The zero-order valence-electron chi connectivity index (χ0n) is 16.2. The van der Waals surface area contributed by atoms with Gasteiger partial charge in [-0.1, -0.05) is 0 Å². The van der Waals surface area contributed by atoms with E-state index in [0.717, 1.165) is 6.20 Å². The van der Waals surface area contributed by atoms with Crippen molar-refractivity contribution in [2.45, 2.75) is 45.3 Å². The maximum Gasteiger partial charge on any atom is 0.303 e. The highest BCUT2D eigenvalue weighted by molar-refractivity contribution is 5.73. The number of hydrogen-bond acceptors (Lipinski definition) is 11. The lowest BCUT2D eigenvalue weighted by atomic mass is 10.1. The highest BCUT2D eigenvalue weighted by Crippen LogP contribution is 2.36. The van der Waals surface area contributed by atoms with Crippen LogP contribution in [0.1, 0.15) is 27.0 Å². The van der Waals surface area contributed by atoms with Crippen molar-refractivity contribution in [2.24, 2.45) is 0 Å². The molecule has 4 atom stereocenters. The molecule has 13 heteroatoms. The van der Waals surface area contributed by atoms with Crippen LogP contribution in [0.5, 0.6) is 0 Å². The molecule has 2 aromatic rings. The predicted molar refractivity (Wildman–Crippen MR) is 95.8 cm³/mol. The molecule has 0 saturated carbocycles. The summed E-state index contributed by atoms with van der Waals surface area (Å²) in [4.78, 5) is 53.0. The van der Waals surface area contributed by atoms with Crippen LogP contribution in [0.25, 0.3) is 11.2 Å². The molecule has 0 amide bonds. The first-order valence-corrected chi connectivity index (χ1v) is 8.77. The molecule has 1 fully saturated rings. The van der Waals surface area contributed by atoms with E-state index in [1.165, 1.54) is 37.7 Å². The number of aromatic nitrogens is 3. The van der Waals surface area contributed by atoms with Crippen molar-refractivity contribution < 1.29 is 38.3 Å². The van der Waals surface area contributed by atoms with Gasteiger partial charge in [0, 0.05) is 26.8 Å². The molecule has 0 aliphatic carbocycles. The van der Waals surface area contributed by atoms with E-state index in [0.29, 0.717) is 0 Å². The number of carbonyl (C=O) groups is 3. The van der Waals surface area contributed by atoms with Crippen LogP contribution in [-0.2, 0) is 33.3 Å². The Labute approximate surface area is 169 Å². The van der Waals surface area contributed by atoms with Gasteiger partial charge in [0.2, 0.25) is 0 Å². The Morgan fingerprint density at radius 2 is 1.80 bits per heavy atom. The minimum atomic E-state index is -1.14. The monoisotopic (exact) mass is 422 g/mol. The molecule has 0 bridgehead atoms. The number of carbonyl (C=O) groups excluding carboxylic acids is 3. The van der Waals surface area contributed by atoms with Gasteiger partial charge in [-0.3, -0.25) is 29.1 Å². The molecule has 13 nitrogen and oxygen atoms in total. The second-order valence-electron chi connectivity index (χ2n) is 6.46. The second kappa shape index (κ2) is 8.41. The molecule has 0 aromatic carbocycles. The Kier molecular flexibility index (Phi) is 5.91. The van der Waals surface area contributed by atoms with Crippen molar-refractivity contribution in [3.8, 4) is 0 Å². The van der Waals surface area contributed by atoms with Gasteiger partial charge in [0.15, 0.2) is 24.1 Å². The maximum absolute atomic E-state index is 11.7. The molecule has 1 aliphatic rings. The van der Waals surface area contributed by atoms with Gasteiger partial charge in [-0.05, 0) is 0 Å². The van der Waals surface area contributed by atoms with Gasteiger partial charge < -0.3 is 18.9 Å². The Hall–Kier alpha value is -3.61. The summed E-state index contributed by atoms with van der Waals surface area (Å²) in [6.07, 6.45) is -1.90. The normalized spacial score (nSPS) is 23.2. The zero-order valence-corrected chi connectivity index (χ0v) is 16.2. The summed E-state index contributed by atoms with van der Waals surface area (Å²) in [5.41, 5.74) is 0.151. The number of nitro groups is 1. The van der Waals surface area contributed by atoms with Crippen LogP contribution in [0, 0.1) is 10.1 Å². The lowest BCUT2D eigenvalue weighted by Gasteiger charge is -2.23. The SMILES string of the molecule is CC(=O)OC[C@H]1O[C@@H](n2cnc3ncc([N+](=O)[O-])cc32)[C@H](OC(C)=O)[C@@H]1OC(C)=O. The van der Waals surface area contributed by atoms with Crippen LogP contribution in [0.4, 0.5) is 5.69 Å². The van der Waals surface area contributed by atoms with Gasteiger partial charge in [-0.15, -0.1) is 0 Å². The quantitative estimate of drug-likeness (QED) is 0.278. The summed E-state index contributed by atoms with van der Waals surface area (Å²) >= 11 is 0. The molecule has 1 aliphatic heterocycles. The highest BCUT2D eigenvalue weighted by atomic mass is 16.7. The third-order valence-electron chi connectivity index (χ3n) is 4.24. The number of imidazole rings is 1. The van der Waals surface area contributed by atoms with Crippen molar-refractivity contribution in [3.05, 3.63) is 28.7 Å². The van der Waals surface area contributed by atoms with E-state index in [2.05, 4.69) is 9.97 Å². The molecule has 1 saturated heterocycles. The van der Waals surface area contributed by atoms with Gasteiger partial charge in [0.25, 0.3) is 5.69 Å². The van der Waals surface area contributed by atoms with E-state index in [1.807, 2.05) is 0 Å². The average molecular weight is 422 g/mol. The van der Waals surface area contributed by atoms with Gasteiger partial charge >= 0.3 is 17.9 Å². The van der Waals surface area contributed by atoms with Gasteiger partial charge in [0.1, 0.15) is 18.9 Å². The van der Waals surface area contributed by atoms with Crippen LogP contribution < -0.4 is 0 Å². The van der Waals surface area contributed by atoms with Crippen molar-refractivity contribution in [2.75, 3.05) is 6.61 Å². The lowest BCUT2D eigenvalue weighted by Crippen LogP contribution is -2.40. The molecule has 30 heavy (non-hydrogen) atoms. The molecule has 0 spiro atoms. The van der Waals surface area contributed by atoms with E-state index >= 15 is 0 Å². The van der Waals surface area contributed by atoms with Crippen LogP contribution in [0.15, 0.2) is 18.6 Å². The number of ether oxygens (including phenoxy) is 4.